The number of rotatable bonds is 2. The van der Waals surface area contributed by atoms with Crippen molar-refractivity contribution in [3.8, 4) is 5.88 Å². The van der Waals surface area contributed by atoms with Crippen molar-refractivity contribution in [1.82, 2.24) is 9.88 Å². The van der Waals surface area contributed by atoms with Crippen LogP contribution in [0.1, 0.15) is 50.9 Å². The maximum absolute atomic E-state index is 12.5. The zero-order valence-corrected chi connectivity index (χ0v) is 14.1. The maximum atomic E-state index is 12.5. The van der Waals surface area contributed by atoms with Crippen molar-refractivity contribution in [3.63, 3.8) is 0 Å². The molecule has 1 fully saturated rings. The van der Waals surface area contributed by atoms with Crippen LogP contribution >= 0.6 is 0 Å². The monoisotopic (exact) mass is 340 g/mol. The number of ether oxygens (including phenoxy) is 2. The molecule has 0 saturated carbocycles. The Morgan fingerprint density at radius 2 is 2.12 bits per heavy atom. The van der Waals surface area contributed by atoms with Crippen molar-refractivity contribution in [1.29, 1.82) is 0 Å². The van der Waals surface area contributed by atoms with Gasteiger partial charge in [-0.3, -0.25) is 0 Å². The number of nitrogens with zero attached hydrogens (tertiary/aromatic N) is 2. The summed E-state index contributed by atoms with van der Waals surface area (Å²) in [5.74, 6) is 0.168. The van der Waals surface area contributed by atoms with Gasteiger partial charge in [0.1, 0.15) is 5.60 Å². The third kappa shape index (κ3) is 3.44. The number of alkyl halides is 2. The van der Waals surface area contributed by atoms with Crippen molar-refractivity contribution in [2.75, 3.05) is 6.54 Å². The lowest BCUT2D eigenvalue weighted by molar-refractivity contribution is -0.0529. The molecule has 1 aliphatic carbocycles. The van der Waals surface area contributed by atoms with E-state index in [4.69, 9.17) is 4.74 Å². The minimum Gasteiger partial charge on any atom is -0.444 e. The maximum Gasteiger partial charge on any atom is 0.410 e. The van der Waals surface area contributed by atoms with Gasteiger partial charge in [-0.2, -0.15) is 8.78 Å². The molecule has 0 aromatic carbocycles. The van der Waals surface area contributed by atoms with Gasteiger partial charge in [0.2, 0.25) is 5.88 Å². The Morgan fingerprint density at radius 1 is 1.38 bits per heavy atom. The SMILES string of the molecule is CC(C)(C)OC(=O)N1CCC[C@H]2Cc3nc(OC(F)F)ccc3[C@@H]21. The van der Waals surface area contributed by atoms with E-state index in [0.29, 0.717) is 13.0 Å². The molecule has 1 aromatic heterocycles. The van der Waals surface area contributed by atoms with Crippen LogP contribution in [0.5, 0.6) is 5.88 Å². The number of pyridine rings is 1. The molecule has 1 aliphatic heterocycles. The van der Waals surface area contributed by atoms with Crippen molar-refractivity contribution in [3.05, 3.63) is 23.4 Å². The minimum absolute atomic E-state index is 0.0776. The number of aromatic nitrogens is 1. The molecule has 1 aromatic rings. The Hall–Kier alpha value is -1.92. The molecule has 1 amide bonds. The van der Waals surface area contributed by atoms with E-state index in [9.17, 15) is 13.6 Å². The molecule has 3 rings (SSSR count). The molecular formula is C17H22F2N2O3. The van der Waals surface area contributed by atoms with E-state index in [0.717, 1.165) is 24.1 Å². The molecule has 0 radical (unpaired) electrons. The quantitative estimate of drug-likeness (QED) is 0.819. The summed E-state index contributed by atoms with van der Waals surface area (Å²) >= 11 is 0. The second-order valence-corrected chi connectivity index (χ2v) is 7.29. The highest BCUT2D eigenvalue weighted by atomic mass is 19.3. The van der Waals surface area contributed by atoms with Gasteiger partial charge >= 0.3 is 12.7 Å². The van der Waals surface area contributed by atoms with Gasteiger partial charge in [0, 0.05) is 12.6 Å². The minimum atomic E-state index is -2.89. The summed E-state index contributed by atoms with van der Waals surface area (Å²) in [6, 6.07) is 3.08. The van der Waals surface area contributed by atoms with Crippen molar-refractivity contribution in [2.45, 2.75) is 58.3 Å². The average molecular weight is 340 g/mol. The van der Waals surface area contributed by atoms with Crippen LogP contribution in [-0.2, 0) is 11.2 Å². The number of likely N-dealkylation sites (tertiary alicyclic amines) is 1. The number of fused-ring (bicyclic) bond motifs is 3. The van der Waals surface area contributed by atoms with E-state index in [-0.39, 0.29) is 23.9 Å². The molecule has 2 heterocycles. The van der Waals surface area contributed by atoms with E-state index < -0.39 is 12.2 Å². The van der Waals surface area contributed by atoms with Gasteiger partial charge in [-0.1, -0.05) is 0 Å². The van der Waals surface area contributed by atoms with Crippen LogP contribution in [0.4, 0.5) is 13.6 Å². The van der Waals surface area contributed by atoms with E-state index in [1.54, 1.807) is 11.0 Å². The summed E-state index contributed by atoms with van der Waals surface area (Å²) in [5.41, 5.74) is 1.09. The number of carbonyl (C=O) groups excluding carboxylic acids is 1. The first kappa shape index (κ1) is 16.9. The molecule has 132 valence electrons. The Balaban J connectivity index is 1.85. The molecule has 2 atom stereocenters. The van der Waals surface area contributed by atoms with Crippen LogP contribution in [0.15, 0.2) is 12.1 Å². The lowest BCUT2D eigenvalue weighted by Gasteiger charge is -2.38. The number of hydrogen-bond donors (Lipinski definition) is 0. The normalized spacial score (nSPS) is 23.0. The van der Waals surface area contributed by atoms with Gasteiger partial charge in [0.15, 0.2) is 0 Å². The fourth-order valence-corrected chi connectivity index (χ4v) is 3.57. The molecule has 24 heavy (non-hydrogen) atoms. The Kier molecular flexibility index (Phi) is 4.36. The second-order valence-electron chi connectivity index (χ2n) is 7.29. The Bertz CT molecular complexity index is 631. The predicted octanol–water partition coefficient (Wildman–Crippen LogP) is 3.93. The summed E-state index contributed by atoms with van der Waals surface area (Å²) in [5, 5.41) is 0. The van der Waals surface area contributed by atoms with Crippen LogP contribution < -0.4 is 4.74 Å². The summed E-state index contributed by atoms with van der Waals surface area (Å²) in [6.07, 6.45) is 2.21. The van der Waals surface area contributed by atoms with Crippen LogP contribution in [0.2, 0.25) is 0 Å². The van der Waals surface area contributed by atoms with Gasteiger partial charge in [-0.15, -0.1) is 0 Å². The number of carbonyl (C=O) groups is 1. The van der Waals surface area contributed by atoms with E-state index in [1.165, 1.54) is 6.07 Å². The summed E-state index contributed by atoms with van der Waals surface area (Å²) in [6.45, 7) is 3.25. The number of amides is 1. The van der Waals surface area contributed by atoms with Crippen LogP contribution in [0, 0.1) is 5.92 Å². The average Bonchev–Trinajstić information content (AvgIpc) is 2.82. The van der Waals surface area contributed by atoms with Crippen molar-refractivity contribution in [2.24, 2.45) is 5.92 Å². The van der Waals surface area contributed by atoms with Crippen LogP contribution in [0.25, 0.3) is 0 Å². The molecule has 5 nitrogen and oxygen atoms in total. The zero-order chi connectivity index (χ0) is 17.5. The summed E-state index contributed by atoms with van der Waals surface area (Å²) in [4.78, 5) is 18.5. The first-order chi connectivity index (χ1) is 11.2. The number of hydrogen-bond acceptors (Lipinski definition) is 4. The summed E-state index contributed by atoms with van der Waals surface area (Å²) < 4.78 is 34.6. The molecule has 0 unspecified atom stereocenters. The summed E-state index contributed by atoms with van der Waals surface area (Å²) in [7, 11) is 0. The van der Waals surface area contributed by atoms with E-state index in [1.807, 2.05) is 20.8 Å². The zero-order valence-electron chi connectivity index (χ0n) is 14.1. The third-order valence-electron chi connectivity index (χ3n) is 4.35. The molecule has 0 spiro atoms. The third-order valence-corrected chi connectivity index (χ3v) is 4.35. The highest BCUT2D eigenvalue weighted by molar-refractivity contribution is 5.69. The number of piperidine rings is 1. The molecular weight excluding hydrogens is 318 g/mol. The first-order valence-corrected chi connectivity index (χ1v) is 8.19. The first-order valence-electron chi connectivity index (χ1n) is 8.19. The van der Waals surface area contributed by atoms with Gasteiger partial charge in [0.05, 0.1) is 11.7 Å². The van der Waals surface area contributed by atoms with Gasteiger partial charge in [-0.25, -0.2) is 9.78 Å². The predicted molar refractivity (Wildman–Crippen MR) is 83.0 cm³/mol. The lowest BCUT2D eigenvalue weighted by Crippen LogP contribution is -2.43. The van der Waals surface area contributed by atoms with Gasteiger partial charge < -0.3 is 14.4 Å². The van der Waals surface area contributed by atoms with Crippen molar-refractivity contribution < 1.29 is 23.0 Å². The topological polar surface area (TPSA) is 51.7 Å². The molecule has 2 aliphatic rings. The molecule has 0 bridgehead atoms. The van der Waals surface area contributed by atoms with E-state index in [2.05, 4.69) is 9.72 Å². The second kappa shape index (κ2) is 6.18. The van der Waals surface area contributed by atoms with Crippen LogP contribution in [-0.4, -0.2) is 34.7 Å². The Labute approximate surface area is 139 Å². The molecule has 1 saturated heterocycles. The van der Waals surface area contributed by atoms with Crippen molar-refractivity contribution >= 4 is 6.09 Å². The highest BCUT2D eigenvalue weighted by Gasteiger charge is 2.43. The van der Waals surface area contributed by atoms with Crippen LogP contribution in [0.3, 0.4) is 0 Å². The molecule has 7 heteroatoms. The fourth-order valence-electron chi connectivity index (χ4n) is 3.57. The van der Waals surface area contributed by atoms with Gasteiger partial charge in [0.25, 0.3) is 0 Å². The lowest BCUT2D eigenvalue weighted by atomic mass is 9.90. The number of halogens is 2. The standard InChI is InChI=1S/C17H22F2N2O3/c1-17(2,3)24-16(22)21-8-4-5-10-9-12-11(14(10)21)6-7-13(20-12)23-15(18)19/h6-7,10,14-15H,4-5,8-9H2,1-3H3/t10-,14+/m0/s1. The Morgan fingerprint density at radius 3 is 2.79 bits per heavy atom. The highest BCUT2D eigenvalue weighted by Crippen LogP contribution is 2.45. The van der Waals surface area contributed by atoms with Gasteiger partial charge in [-0.05, 0) is 57.6 Å². The fraction of sp³-hybridized carbons (Fsp3) is 0.647. The smallest absolute Gasteiger partial charge is 0.410 e. The largest absolute Gasteiger partial charge is 0.444 e. The molecule has 0 N–H and O–H groups in total. The van der Waals surface area contributed by atoms with E-state index >= 15 is 0 Å².